The third-order valence-corrected chi connectivity index (χ3v) is 2.54. The van der Waals surface area contributed by atoms with Crippen LogP contribution in [-0.4, -0.2) is 6.29 Å². The minimum absolute atomic E-state index is 0.245. The molecule has 1 nitrogen and oxygen atoms in total. The van der Waals surface area contributed by atoms with Crippen LogP contribution in [0.15, 0.2) is 42.5 Å². The predicted molar refractivity (Wildman–Crippen MR) is 62.0 cm³/mol. The first-order chi connectivity index (χ1) is 7.70. The fraction of sp³-hybridized carbons (Fsp3) is 0.0714. The van der Waals surface area contributed by atoms with Gasteiger partial charge in [-0.05, 0) is 41.8 Å². The molecule has 0 amide bonds. The van der Waals surface area contributed by atoms with Crippen LogP contribution in [0.2, 0.25) is 0 Å². The van der Waals surface area contributed by atoms with Crippen molar-refractivity contribution in [2.75, 3.05) is 0 Å². The second-order valence-corrected chi connectivity index (χ2v) is 3.70. The van der Waals surface area contributed by atoms with Gasteiger partial charge >= 0.3 is 0 Å². The zero-order valence-electron chi connectivity index (χ0n) is 8.91. The summed E-state index contributed by atoms with van der Waals surface area (Å²) in [6, 6.07) is 11.8. The third kappa shape index (κ3) is 2.01. The van der Waals surface area contributed by atoms with E-state index in [-0.39, 0.29) is 5.82 Å². The fourth-order valence-electron chi connectivity index (χ4n) is 1.71. The van der Waals surface area contributed by atoms with Gasteiger partial charge in [0.1, 0.15) is 12.1 Å². The topological polar surface area (TPSA) is 17.1 Å². The maximum atomic E-state index is 12.8. The quantitative estimate of drug-likeness (QED) is 0.698. The highest BCUT2D eigenvalue weighted by Crippen LogP contribution is 2.24. The standard InChI is InChI=1S/C14H11FO/c1-10-8-11(9-16)2-7-14(10)12-3-5-13(15)6-4-12/h2-9H,1H3. The van der Waals surface area contributed by atoms with Crippen molar-refractivity contribution in [3.8, 4) is 11.1 Å². The molecule has 2 heteroatoms. The molecule has 80 valence electrons. The van der Waals surface area contributed by atoms with Crippen molar-refractivity contribution in [3.05, 3.63) is 59.4 Å². The molecular weight excluding hydrogens is 203 g/mol. The number of rotatable bonds is 2. The van der Waals surface area contributed by atoms with Crippen LogP contribution in [0.4, 0.5) is 4.39 Å². The zero-order valence-corrected chi connectivity index (χ0v) is 8.91. The van der Waals surface area contributed by atoms with E-state index in [1.54, 1.807) is 18.2 Å². The van der Waals surface area contributed by atoms with Gasteiger partial charge in [0.05, 0.1) is 0 Å². The molecule has 0 bridgehead atoms. The highest BCUT2D eigenvalue weighted by Gasteiger charge is 2.02. The normalized spacial score (nSPS) is 10.1. The van der Waals surface area contributed by atoms with Crippen molar-refractivity contribution in [1.29, 1.82) is 0 Å². The van der Waals surface area contributed by atoms with E-state index in [2.05, 4.69) is 0 Å². The zero-order chi connectivity index (χ0) is 11.5. The summed E-state index contributed by atoms with van der Waals surface area (Å²) in [6.07, 6.45) is 0.821. The van der Waals surface area contributed by atoms with E-state index in [0.717, 1.165) is 23.0 Å². The minimum atomic E-state index is -0.245. The lowest BCUT2D eigenvalue weighted by molar-refractivity contribution is 0.112. The number of hydrogen-bond donors (Lipinski definition) is 0. The van der Waals surface area contributed by atoms with Crippen LogP contribution in [0.3, 0.4) is 0 Å². The molecular formula is C14H11FO. The average Bonchev–Trinajstić information content (AvgIpc) is 2.30. The van der Waals surface area contributed by atoms with Gasteiger partial charge in [-0.3, -0.25) is 4.79 Å². The Labute approximate surface area is 93.5 Å². The van der Waals surface area contributed by atoms with E-state index in [1.165, 1.54) is 12.1 Å². The van der Waals surface area contributed by atoms with Crippen molar-refractivity contribution < 1.29 is 9.18 Å². The first-order valence-electron chi connectivity index (χ1n) is 5.02. The number of aryl methyl sites for hydroxylation is 1. The molecule has 2 aromatic carbocycles. The van der Waals surface area contributed by atoms with Gasteiger partial charge in [0, 0.05) is 5.56 Å². The summed E-state index contributed by atoms with van der Waals surface area (Å²) in [6.45, 7) is 1.94. The molecule has 0 heterocycles. The number of aldehydes is 1. The highest BCUT2D eigenvalue weighted by atomic mass is 19.1. The molecule has 2 rings (SSSR count). The molecule has 0 aliphatic carbocycles. The van der Waals surface area contributed by atoms with Crippen LogP contribution < -0.4 is 0 Å². The molecule has 0 aliphatic rings. The molecule has 0 unspecified atom stereocenters. The van der Waals surface area contributed by atoms with E-state index in [9.17, 15) is 9.18 Å². The Morgan fingerprint density at radius 3 is 2.31 bits per heavy atom. The molecule has 16 heavy (non-hydrogen) atoms. The molecule has 0 fully saturated rings. The van der Waals surface area contributed by atoms with E-state index in [1.807, 2.05) is 19.1 Å². The van der Waals surface area contributed by atoms with Gasteiger partial charge in [-0.1, -0.05) is 24.3 Å². The largest absolute Gasteiger partial charge is 0.298 e. The van der Waals surface area contributed by atoms with Crippen LogP contribution in [0.1, 0.15) is 15.9 Å². The molecule has 0 radical (unpaired) electrons. The van der Waals surface area contributed by atoms with Crippen molar-refractivity contribution in [2.24, 2.45) is 0 Å². The molecule has 0 aliphatic heterocycles. The summed E-state index contributed by atoms with van der Waals surface area (Å²) >= 11 is 0. The summed E-state index contributed by atoms with van der Waals surface area (Å²) < 4.78 is 12.8. The molecule has 2 aromatic rings. The van der Waals surface area contributed by atoms with Crippen molar-refractivity contribution in [3.63, 3.8) is 0 Å². The van der Waals surface area contributed by atoms with E-state index >= 15 is 0 Å². The lowest BCUT2D eigenvalue weighted by atomic mass is 9.99. The van der Waals surface area contributed by atoms with E-state index in [0.29, 0.717) is 5.56 Å². The summed E-state index contributed by atoms with van der Waals surface area (Å²) in [5, 5.41) is 0. The van der Waals surface area contributed by atoms with Gasteiger partial charge in [0.2, 0.25) is 0 Å². The monoisotopic (exact) mass is 214 g/mol. The van der Waals surface area contributed by atoms with Crippen LogP contribution in [0.5, 0.6) is 0 Å². The summed E-state index contributed by atoms with van der Waals surface area (Å²) in [7, 11) is 0. The Kier molecular flexibility index (Phi) is 2.82. The third-order valence-electron chi connectivity index (χ3n) is 2.54. The van der Waals surface area contributed by atoms with Gasteiger partial charge < -0.3 is 0 Å². The van der Waals surface area contributed by atoms with Crippen molar-refractivity contribution >= 4 is 6.29 Å². The Bertz CT molecular complexity index is 515. The molecule has 0 saturated heterocycles. The van der Waals surface area contributed by atoms with Gasteiger partial charge in [-0.2, -0.15) is 0 Å². The molecule has 0 saturated carbocycles. The van der Waals surface area contributed by atoms with Crippen LogP contribution in [0, 0.1) is 12.7 Å². The Balaban J connectivity index is 2.48. The Morgan fingerprint density at radius 2 is 1.75 bits per heavy atom. The maximum absolute atomic E-state index is 12.8. The van der Waals surface area contributed by atoms with Gasteiger partial charge in [0.15, 0.2) is 0 Å². The van der Waals surface area contributed by atoms with E-state index in [4.69, 9.17) is 0 Å². The average molecular weight is 214 g/mol. The predicted octanol–water partition coefficient (Wildman–Crippen LogP) is 3.61. The minimum Gasteiger partial charge on any atom is -0.298 e. The van der Waals surface area contributed by atoms with Gasteiger partial charge in [-0.15, -0.1) is 0 Å². The second-order valence-electron chi connectivity index (χ2n) is 3.70. The number of hydrogen-bond acceptors (Lipinski definition) is 1. The fourth-order valence-corrected chi connectivity index (χ4v) is 1.71. The van der Waals surface area contributed by atoms with Crippen molar-refractivity contribution in [1.82, 2.24) is 0 Å². The summed E-state index contributed by atoms with van der Waals surface area (Å²) in [5.74, 6) is -0.245. The lowest BCUT2D eigenvalue weighted by Crippen LogP contribution is -1.87. The number of halogens is 1. The first kappa shape index (κ1) is 10.6. The van der Waals surface area contributed by atoms with Crippen LogP contribution in [0.25, 0.3) is 11.1 Å². The number of benzene rings is 2. The van der Waals surface area contributed by atoms with E-state index < -0.39 is 0 Å². The maximum Gasteiger partial charge on any atom is 0.150 e. The molecule has 0 aromatic heterocycles. The second kappa shape index (κ2) is 4.27. The number of carbonyl (C=O) groups excluding carboxylic acids is 1. The Hall–Kier alpha value is -1.96. The highest BCUT2D eigenvalue weighted by molar-refractivity contribution is 5.78. The van der Waals surface area contributed by atoms with Gasteiger partial charge in [-0.25, -0.2) is 4.39 Å². The Morgan fingerprint density at radius 1 is 1.06 bits per heavy atom. The molecule has 0 spiro atoms. The number of carbonyl (C=O) groups is 1. The molecule has 0 atom stereocenters. The van der Waals surface area contributed by atoms with Crippen molar-refractivity contribution in [2.45, 2.75) is 6.92 Å². The van der Waals surface area contributed by atoms with Gasteiger partial charge in [0.25, 0.3) is 0 Å². The molecule has 0 N–H and O–H groups in total. The lowest BCUT2D eigenvalue weighted by Gasteiger charge is -2.06. The smallest absolute Gasteiger partial charge is 0.150 e. The summed E-state index contributed by atoms with van der Waals surface area (Å²) in [5.41, 5.74) is 3.64. The van der Waals surface area contributed by atoms with Crippen LogP contribution in [-0.2, 0) is 0 Å². The SMILES string of the molecule is Cc1cc(C=O)ccc1-c1ccc(F)cc1. The van der Waals surface area contributed by atoms with Crippen LogP contribution >= 0.6 is 0 Å². The summed E-state index contributed by atoms with van der Waals surface area (Å²) in [4.78, 5) is 10.6. The first-order valence-corrected chi connectivity index (χ1v) is 5.02.